The zero-order valence-corrected chi connectivity index (χ0v) is 7.33. The Kier molecular flexibility index (Phi) is 1.08. The second-order valence-electron chi connectivity index (χ2n) is 4.25. The fourth-order valence-corrected chi connectivity index (χ4v) is 2.76. The van der Waals surface area contributed by atoms with E-state index in [9.17, 15) is 10.2 Å². The van der Waals surface area contributed by atoms with Crippen molar-refractivity contribution in [1.29, 1.82) is 0 Å². The minimum absolute atomic E-state index is 0.138. The largest absolute Gasteiger partial charge is 0.508 e. The molecular formula is C11H12O2. The van der Waals surface area contributed by atoms with Gasteiger partial charge in [0.05, 0.1) is 5.60 Å². The van der Waals surface area contributed by atoms with Gasteiger partial charge in [0, 0.05) is 11.0 Å². The summed E-state index contributed by atoms with van der Waals surface area (Å²) in [7, 11) is 0. The molecule has 68 valence electrons. The molecule has 1 spiro atoms. The average molecular weight is 176 g/mol. The van der Waals surface area contributed by atoms with Crippen LogP contribution in [0.25, 0.3) is 0 Å². The van der Waals surface area contributed by atoms with Gasteiger partial charge in [0.2, 0.25) is 0 Å². The Morgan fingerprint density at radius 1 is 1.38 bits per heavy atom. The number of hydrogen-bond donors (Lipinski definition) is 2. The van der Waals surface area contributed by atoms with Crippen LogP contribution in [0.3, 0.4) is 0 Å². The summed E-state index contributed by atoms with van der Waals surface area (Å²) >= 11 is 0. The van der Waals surface area contributed by atoms with E-state index in [1.807, 2.05) is 24.3 Å². The van der Waals surface area contributed by atoms with Crippen molar-refractivity contribution in [2.24, 2.45) is 5.41 Å². The summed E-state index contributed by atoms with van der Waals surface area (Å²) in [6.45, 7) is 0. The fraction of sp³-hybridized carbons (Fsp3) is 0.455. The van der Waals surface area contributed by atoms with E-state index in [2.05, 4.69) is 0 Å². The van der Waals surface area contributed by atoms with Gasteiger partial charge in [-0.2, -0.15) is 0 Å². The number of allylic oxidation sites excluding steroid dienone is 4. The standard InChI is InChI=1S/C11H12O2/c12-9-4-2-5-10-7-11(10,13)6-1-3-8(9)10/h1,3-4,6,12-13H,2,5,7H2. The molecule has 2 atom stereocenters. The molecule has 1 fully saturated rings. The first-order valence-corrected chi connectivity index (χ1v) is 4.70. The molecule has 3 rings (SSSR count). The molecule has 0 heterocycles. The summed E-state index contributed by atoms with van der Waals surface area (Å²) in [6, 6.07) is 0. The fourth-order valence-electron chi connectivity index (χ4n) is 2.76. The lowest BCUT2D eigenvalue weighted by Crippen LogP contribution is -2.25. The molecule has 2 unspecified atom stereocenters. The summed E-state index contributed by atoms with van der Waals surface area (Å²) < 4.78 is 0. The molecule has 0 saturated heterocycles. The van der Waals surface area contributed by atoms with E-state index in [0.29, 0.717) is 5.76 Å². The third-order valence-electron chi connectivity index (χ3n) is 3.61. The van der Waals surface area contributed by atoms with Crippen molar-refractivity contribution < 1.29 is 10.2 Å². The van der Waals surface area contributed by atoms with Gasteiger partial charge >= 0.3 is 0 Å². The lowest BCUT2D eigenvalue weighted by atomic mass is 9.79. The Hall–Kier alpha value is -1.02. The van der Waals surface area contributed by atoms with Crippen molar-refractivity contribution in [2.45, 2.75) is 24.9 Å². The van der Waals surface area contributed by atoms with Gasteiger partial charge < -0.3 is 10.2 Å². The van der Waals surface area contributed by atoms with E-state index in [1.165, 1.54) is 0 Å². The zero-order chi connectivity index (χ0) is 9.10. The van der Waals surface area contributed by atoms with Gasteiger partial charge in [0.25, 0.3) is 0 Å². The van der Waals surface area contributed by atoms with Crippen LogP contribution in [0.2, 0.25) is 0 Å². The Morgan fingerprint density at radius 2 is 2.23 bits per heavy atom. The van der Waals surface area contributed by atoms with E-state index in [4.69, 9.17) is 0 Å². The van der Waals surface area contributed by atoms with Crippen molar-refractivity contribution >= 4 is 0 Å². The quantitative estimate of drug-likeness (QED) is 0.591. The van der Waals surface area contributed by atoms with E-state index >= 15 is 0 Å². The van der Waals surface area contributed by atoms with Crippen LogP contribution in [-0.4, -0.2) is 15.8 Å². The summed E-state index contributed by atoms with van der Waals surface area (Å²) in [5, 5.41) is 19.7. The van der Waals surface area contributed by atoms with E-state index < -0.39 is 5.60 Å². The number of aliphatic hydroxyl groups excluding tert-OH is 1. The number of rotatable bonds is 0. The Bertz CT molecular complexity index is 364. The second-order valence-corrected chi connectivity index (χ2v) is 4.25. The summed E-state index contributed by atoms with van der Waals surface area (Å²) in [5.41, 5.74) is 0.142. The predicted octanol–water partition coefficient (Wildman–Crippen LogP) is 1.84. The normalized spacial score (nSPS) is 45.9. The monoisotopic (exact) mass is 176 g/mol. The van der Waals surface area contributed by atoms with Gasteiger partial charge in [0.15, 0.2) is 0 Å². The molecule has 0 aromatic rings. The SMILES string of the molecule is OC1=CCCC23CC2(O)C=CC=C13. The Labute approximate surface area is 76.9 Å². The van der Waals surface area contributed by atoms with Crippen LogP contribution in [0.1, 0.15) is 19.3 Å². The minimum Gasteiger partial charge on any atom is -0.508 e. The van der Waals surface area contributed by atoms with Gasteiger partial charge in [-0.1, -0.05) is 18.2 Å². The van der Waals surface area contributed by atoms with Crippen LogP contribution in [0.4, 0.5) is 0 Å². The van der Waals surface area contributed by atoms with Crippen LogP contribution in [0.15, 0.2) is 35.6 Å². The molecule has 1 saturated carbocycles. The van der Waals surface area contributed by atoms with Crippen molar-refractivity contribution in [1.82, 2.24) is 0 Å². The first-order valence-electron chi connectivity index (χ1n) is 4.70. The molecule has 0 aromatic carbocycles. The molecule has 13 heavy (non-hydrogen) atoms. The van der Waals surface area contributed by atoms with Gasteiger partial charge in [-0.25, -0.2) is 0 Å². The number of aliphatic hydroxyl groups is 2. The van der Waals surface area contributed by atoms with Crippen molar-refractivity contribution in [3.05, 3.63) is 35.6 Å². The summed E-state index contributed by atoms with van der Waals surface area (Å²) in [4.78, 5) is 0. The highest BCUT2D eigenvalue weighted by molar-refractivity contribution is 5.52. The van der Waals surface area contributed by atoms with E-state index in [0.717, 1.165) is 24.8 Å². The number of hydrogen-bond acceptors (Lipinski definition) is 2. The molecule has 2 heteroatoms. The lowest BCUT2D eigenvalue weighted by Gasteiger charge is -2.28. The van der Waals surface area contributed by atoms with Gasteiger partial charge in [0.1, 0.15) is 5.76 Å². The lowest BCUT2D eigenvalue weighted by molar-refractivity contribution is 0.148. The molecule has 0 bridgehead atoms. The van der Waals surface area contributed by atoms with Crippen LogP contribution >= 0.6 is 0 Å². The highest BCUT2D eigenvalue weighted by Crippen LogP contribution is 2.68. The van der Waals surface area contributed by atoms with Crippen molar-refractivity contribution in [2.75, 3.05) is 0 Å². The van der Waals surface area contributed by atoms with Crippen LogP contribution < -0.4 is 0 Å². The van der Waals surface area contributed by atoms with Crippen LogP contribution in [0.5, 0.6) is 0 Å². The van der Waals surface area contributed by atoms with Crippen molar-refractivity contribution in [3.63, 3.8) is 0 Å². The van der Waals surface area contributed by atoms with E-state index in [1.54, 1.807) is 0 Å². The highest BCUT2D eigenvalue weighted by atomic mass is 16.3. The van der Waals surface area contributed by atoms with Gasteiger partial charge in [-0.15, -0.1) is 0 Å². The maximum absolute atomic E-state index is 10.1. The Balaban J connectivity index is 2.15. The zero-order valence-electron chi connectivity index (χ0n) is 7.33. The summed E-state index contributed by atoms with van der Waals surface area (Å²) in [6.07, 6.45) is 10.1. The molecule has 0 aromatic heterocycles. The average Bonchev–Trinajstić information content (AvgIpc) is 2.69. The predicted molar refractivity (Wildman–Crippen MR) is 49.2 cm³/mol. The van der Waals surface area contributed by atoms with E-state index in [-0.39, 0.29) is 5.41 Å². The first-order chi connectivity index (χ1) is 6.18. The molecule has 2 nitrogen and oxygen atoms in total. The van der Waals surface area contributed by atoms with Crippen LogP contribution in [0, 0.1) is 5.41 Å². The Morgan fingerprint density at radius 3 is 3.00 bits per heavy atom. The minimum atomic E-state index is -0.653. The molecule has 3 aliphatic carbocycles. The molecule has 0 amide bonds. The molecular weight excluding hydrogens is 164 g/mol. The molecule has 0 aliphatic heterocycles. The smallest absolute Gasteiger partial charge is 0.115 e. The maximum atomic E-state index is 10.1. The topological polar surface area (TPSA) is 40.5 Å². The molecule has 0 radical (unpaired) electrons. The first kappa shape index (κ1) is 7.39. The van der Waals surface area contributed by atoms with Gasteiger partial charge in [-0.05, 0) is 25.3 Å². The maximum Gasteiger partial charge on any atom is 0.115 e. The highest BCUT2D eigenvalue weighted by Gasteiger charge is 2.68. The van der Waals surface area contributed by atoms with Gasteiger partial charge in [-0.3, -0.25) is 0 Å². The summed E-state index contributed by atoms with van der Waals surface area (Å²) in [5.74, 6) is 0.367. The third kappa shape index (κ3) is 0.684. The second kappa shape index (κ2) is 1.90. The third-order valence-corrected chi connectivity index (χ3v) is 3.61. The van der Waals surface area contributed by atoms with Crippen LogP contribution in [-0.2, 0) is 0 Å². The van der Waals surface area contributed by atoms with Crippen molar-refractivity contribution in [3.8, 4) is 0 Å². The molecule has 2 N–H and O–H groups in total. The molecule has 3 aliphatic rings.